The van der Waals surface area contributed by atoms with Crippen molar-refractivity contribution in [2.45, 2.75) is 37.0 Å². The maximum atomic E-state index is 12.5. The van der Waals surface area contributed by atoms with E-state index in [0.717, 1.165) is 31.2 Å². The molecular weight excluding hydrogens is 404 g/mol. The number of fused-ring (bicyclic) bond motifs is 1. The number of hydrogen-bond acceptors (Lipinski definition) is 4. The van der Waals surface area contributed by atoms with Gasteiger partial charge in [-0.25, -0.2) is 17.9 Å². The van der Waals surface area contributed by atoms with E-state index in [-0.39, 0.29) is 29.8 Å². The first kappa shape index (κ1) is 21.8. The van der Waals surface area contributed by atoms with Crippen LogP contribution in [0.5, 0.6) is 0 Å². The molecule has 0 spiro atoms. The lowest BCUT2D eigenvalue weighted by Crippen LogP contribution is -2.28. The summed E-state index contributed by atoms with van der Waals surface area (Å²) in [5.41, 5.74) is 3.46. The highest BCUT2D eigenvalue weighted by Crippen LogP contribution is 2.24. The van der Waals surface area contributed by atoms with Crippen LogP contribution in [-0.2, 0) is 27.7 Å². The number of hydrogen-bond donors (Lipinski definition) is 4. The Morgan fingerprint density at radius 2 is 1.53 bits per heavy atom. The molecule has 0 radical (unpaired) electrons. The Hall–Kier alpha value is -2.91. The smallest absolute Gasteiger partial charge is 0.318 e. The summed E-state index contributed by atoms with van der Waals surface area (Å²) in [6.45, 7) is 0.00155. The summed E-state index contributed by atoms with van der Waals surface area (Å²) in [6.07, 6.45) is 4.11. The fraction of sp³-hybridized carbons (Fsp3) is 0.333. The Kier molecular flexibility index (Phi) is 7.07. The van der Waals surface area contributed by atoms with Crippen LogP contribution in [-0.4, -0.2) is 33.9 Å². The molecule has 2 aromatic rings. The van der Waals surface area contributed by atoms with Gasteiger partial charge in [-0.05, 0) is 73.2 Å². The van der Waals surface area contributed by atoms with Gasteiger partial charge in [0.25, 0.3) is 0 Å². The number of nitrogens with one attached hydrogen (secondary N) is 4. The largest absolute Gasteiger partial charge is 0.341 e. The van der Waals surface area contributed by atoms with Crippen LogP contribution in [0.2, 0.25) is 0 Å². The molecule has 0 aromatic heterocycles. The summed E-state index contributed by atoms with van der Waals surface area (Å²) in [5, 5.41) is 7.77. The Labute approximate surface area is 176 Å². The van der Waals surface area contributed by atoms with E-state index in [4.69, 9.17) is 0 Å². The first-order valence-corrected chi connectivity index (χ1v) is 11.4. The van der Waals surface area contributed by atoms with Gasteiger partial charge in [-0.1, -0.05) is 6.07 Å². The Balaban J connectivity index is 1.49. The number of aryl methyl sites for hydroxylation is 2. The molecule has 0 saturated heterocycles. The van der Waals surface area contributed by atoms with Crippen LogP contribution in [0.1, 0.15) is 30.4 Å². The molecule has 2 aromatic carbocycles. The molecule has 0 saturated carbocycles. The van der Waals surface area contributed by atoms with E-state index in [0.29, 0.717) is 11.4 Å². The third kappa shape index (κ3) is 5.80. The standard InChI is InChI=1S/C21H26N4O4S/c1-22-21(27)25-18-9-7-17(8-10-18)24-20(26)12-13-23-30(28,29)19-11-6-15-4-2-3-5-16(15)14-19/h6-11,14,23H,2-5,12-13H2,1H3,(H,24,26)(H2,22,25,27). The van der Waals surface area contributed by atoms with Gasteiger partial charge in [0, 0.05) is 31.4 Å². The molecule has 1 aliphatic rings. The van der Waals surface area contributed by atoms with Crippen molar-refractivity contribution in [2.24, 2.45) is 0 Å². The minimum absolute atomic E-state index is 0.00155. The highest BCUT2D eigenvalue weighted by molar-refractivity contribution is 7.89. The molecule has 0 heterocycles. The summed E-state index contributed by atoms with van der Waals surface area (Å²) in [7, 11) is -2.14. The predicted octanol–water partition coefficient (Wildman–Crippen LogP) is 2.62. The van der Waals surface area contributed by atoms with E-state index in [1.807, 2.05) is 6.07 Å². The van der Waals surface area contributed by atoms with Gasteiger partial charge in [-0.2, -0.15) is 0 Å². The Morgan fingerprint density at radius 1 is 0.900 bits per heavy atom. The average Bonchev–Trinajstić information content (AvgIpc) is 2.74. The minimum Gasteiger partial charge on any atom is -0.341 e. The molecule has 30 heavy (non-hydrogen) atoms. The molecular formula is C21H26N4O4S. The zero-order chi connectivity index (χ0) is 21.6. The van der Waals surface area contributed by atoms with Gasteiger partial charge in [0.15, 0.2) is 0 Å². The molecule has 4 N–H and O–H groups in total. The number of benzene rings is 2. The number of sulfonamides is 1. The van der Waals surface area contributed by atoms with Gasteiger partial charge in [0.1, 0.15) is 0 Å². The maximum Gasteiger partial charge on any atom is 0.318 e. The normalized spacial score (nSPS) is 13.2. The number of carbonyl (C=O) groups excluding carboxylic acids is 2. The van der Waals surface area contributed by atoms with E-state index in [2.05, 4.69) is 20.7 Å². The Bertz CT molecular complexity index is 1020. The number of anilines is 2. The summed E-state index contributed by atoms with van der Waals surface area (Å²) < 4.78 is 27.5. The van der Waals surface area contributed by atoms with Crippen molar-refractivity contribution in [3.8, 4) is 0 Å². The second kappa shape index (κ2) is 9.73. The quantitative estimate of drug-likeness (QED) is 0.540. The molecule has 0 aliphatic heterocycles. The predicted molar refractivity (Wildman–Crippen MR) is 116 cm³/mol. The molecule has 0 atom stereocenters. The summed E-state index contributed by atoms with van der Waals surface area (Å²) in [6, 6.07) is 11.5. The topological polar surface area (TPSA) is 116 Å². The van der Waals surface area contributed by atoms with Crippen molar-refractivity contribution in [3.63, 3.8) is 0 Å². The number of carbonyl (C=O) groups is 2. The third-order valence-corrected chi connectivity index (χ3v) is 6.39. The first-order chi connectivity index (χ1) is 14.4. The van der Waals surface area contributed by atoms with E-state index in [9.17, 15) is 18.0 Å². The second-order valence-electron chi connectivity index (χ2n) is 7.12. The monoisotopic (exact) mass is 430 g/mol. The molecule has 1 aliphatic carbocycles. The van der Waals surface area contributed by atoms with Crippen molar-refractivity contribution >= 4 is 33.3 Å². The molecule has 0 bridgehead atoms. The lowest BCUT2D eigenvalue weighted by atomic mass is 9.92. The van der Waals surface area contributed by atoms with Crippen molar-refractivity contribution in [1.29, 1.82) is 0 Å². The van der Waals surface area contributed by atoms with Crippen LogP contribution < -0.4 is 20.7 Å². The Morgan fingerprint density at radius 3 is 2.20 bits per heavy atom. The average molecular weight is 431 g/mol. The van der Waals surface area contributed by atoms with Gasteiger partial charge < -0.3 is 16.0 Å². The van der Waals surface area contributed by atoms with Crippen LogP contribution in [0.15, 0.2) is 47.4 Å². The van der Waals surface area contributed by atoms with Crippen LogP contribution in [0.3, 0.4) is 0 Å². The van der Waals surface area contributed by atoms with Crippen LogP contribution in [0.25, 0.3) is 0 Å². The third-order valence-electron chi connectivity index (χ3n) is 4.93. The first-order valence-electron chi connectivity index (χ1n) is 9.87. The second-order valence-corrected chi connectivity index (χ2v) is 8.88. The molecule has 160 valence electrons. The van der Waals surface area contributed by atoms with Gasteiger partial charge in [-0.15, -0.1) is 0 Å². The zero-order valence-corrected chi connectivity index (χ0v) is 17.6. The summed E-state index contributed by atoms with van der Waals surface area (Å²) in [5.74, 6) is -0.310. The summed E-state index contributed by atoms with van der Waals surface area (Å²) >= 11 is 0. The van der Waals surface area contributed by atoms with Crippen LogP contribution in [0, 0.1) is 0 Å². The highest BCUT2D eigenvalue weighted by Gasteiger charge is 2.17. The van der Waals surface area contributed by atoms with Crippen molar-refractivity contribution in [2.75, 3.05) is 24.2 Å². The number of amides is 3. The molecule has 3 amide bonds. The maximum absolute atomic E-state index is 12.5. The molecule has 9 heteroatoms. The van der Waals surface area contributed by atoms with Crippen LogP contribution in [0.4, 0.5) is 16.2 Å². The van der Waals surface area contributed by atoms with E-state index < -0.39 is 10.0 Å². The molecule has 0 fully saturated rings. The van der Waals surface area contributed by atoms with E-state index >= 15 is 0 Å². The molecule has 8 nitrogen and oxygen atoms in total. The lowest BCUT2D eigenvalue weighted by molar-refractivity contribution is -0.116. The van der Waals surface area contributed by atoms with E-state index in [1.165, 1.54) is 12.6 Å². The SMILES string of the molecule is CNC(=O)Nc1ccc(NC(=O)CCNS(=O)(=O)c2ccc3c(c2)CCCC3)cc1. The van der Waals surface area contributed by atoms with Crippen molar-refractivity contribution < 1.29 is 18.0 Å². The zero-order valence-electron chi connectivity index (χ0n) is 16.8. The molecule has 3 rings (SSSR count). The number of urea groups is 1. The van der Waals surface area contributed by atoms with Crippen LogP contribution >= 0.6 is 0 Å². The van der Waals surface area contributed by atoms with Gasteiger partial charge in [0.2, 0.25) is 15.9 Å². The van der Waals surface area contributed by atoms with Crippen molar-refractivity contribution in [3.05, 3.63) is 53.6 Å². The lowest BCUT2D eigenvalue weighted by Gasteiger charge is -2.16. The fourth-order valence-corrected chi connectivity index (χ4v) is 4.40. The van der Waals surface area contributed by atoms with Gasteiger partial charge in [0.05, 0.1) is 4.90 Å². The van der Waals surface area contributed by atoms with Gasteiger partial charge in [-0.3, -0.25) is 4.79 Å². The van der Waals surface area contributed by atoms with Crippen molar-refractivity contribution in [1.82, 2.24) is 10.0 Å². The van der Waals surface area contributed by atoms with Gasteiger partial charge >= 0.3 is 6.03 Å². The number of rotatable bonds is 7. The fourth-order valence-electron chi connectivity index (χ4n) is 3.31. The minimum atomic E-state index is -3.66. The highest BCUT2D eigenvalue weighted by atomic mass is 32.2. The summed E-state index contributed by atoms with van der Waals surface area (Å²) in [4.78, 5) is 23.6. The molecule has 0 unspecified atom stereocenters. The van der Waals surface area contributed by atoms with E-state index in [1.54, 1.807) is 36.4 Å².